The lowest BCUT2D eigenvalue weighted by molar-refractivity contribution is 0.122. The zero-order chi connectivity index (χ0) is 25.4. The van der Waals surface area contributed by atoms with E-state index in [2.05, 4.69) is 14.9 Å². The lowest BCUT2D eigenvalue weighted by Crippen LogP contribution is -2.37. The lowest BCUT2D eigenvalue weighted by Gasteiger charge is -2.31. The van der Waals surface area contributed by atoms with Crippen LogP contribution >= 0.6 is 0 Å². The monoisotopic (exact) mass is 488 g/mol. The van der Waals surface area contributed by atoms with E-state index in [-0.39, 0.29) is 16.9 Å². The minimum Gasteiger partial charge on any atom is -0.383 e. The Hall–Kier alpha value is -3.82. The fraction of sp³-hybridized carbons (Fsp3) is 0.296. The molecule has 1 fully saturated rings. The van der Waals surface area contributed by atoms with Crippen molar-refractivity contribution in [2.45, 2.75) is 13.5 Å². The van der Waals surface area contributed by atoms with Crippen LogP contribution in [0.15, 0.2) is 47.4 Å². The third kappa shape index (κ3) is 4.55. The predicted molar refractivity (Wildman–Crippen MR) is 141 cm³/mol. The number of aryl methyl sites for hydroxylation is 1. The van der Waals surface area contributed by atoms with E-state index in [9.17, 15) is 4.79 Å². The Morgan fingerprint density at radius 2 is 1.86 bits per heavy atom. The molecule has 5 rings (SSSR count). The Labute approximate surface area is 208 Å². The number of anilines is 2. The van der Waals surface area contributed by atoms with Crippen molar-refractivity contribution in [2.75, 3.05) is 51.0 Å². The van der Waals surface area contributed by atoms with Crippen LogP contribution in [-0.2, 0) is 11.3 Å². The summed E-state index contributed by atoms with van der Waals surface area (Å²) in [5, 5.41) is 1.39. The van der Waals surface area contributed by atoms with Crippen molar-refractivity contribution in [3.05, 3.63) is 70.2 Å². The average Bonchev–Trinajstić information content (AvgIpc) is 2.86. The number of halogens is 1. The molecule has 3 N–H and O–H groups in total. The van der Waals surface area contributed by atoms with Gasteiger partial charge in [-0.3, -0.25) is 4.79 Å². The minimum atomic E-state index is -0.674. The van der Waals surface area contributed by atoms with Gasteiger partial charge in [0.1, 0.15) is 5.82 Å². The van der Waals surface area contributed by atoms with Crippen molar-refractivity contribution in [3.63, 3.8) is 0 Å². The molecule has 0 bridgehead atoms. The van der Waals surface area contributed by atoms with Crippen LogP contribution in [0.3, 0.4) is 0 Å². The quantitative estimate of drug-likeness (QED) is 0.414. The van der Waals surface area contributed by atoms with E-state index < -0.39 is 5.95 Å². The number of fused-ring (bicyclic) bond motifs is 1. The van der Waals surface area contributed by atoms with Gasteiger partial charge in [-0.1, -0.05) is 6.07 Å². The van der Waals surface area contributed by atoms with E-state index in [0.717, 1.165) is 41.0 Å². The standard InChI is InChI=1S/C27H29FN6O2/c1-16-14-30-27(35)18-5-4-17(12-19(16)18)20-13-21(25(28)32-26(20)29)22-6-7-24(23(31-22)15-33(2)3)34-8-10-36-11-9-34/h4-7,12-14H,8-11,15H2,1-3H3,(H2,29,32)(H,30,35). The number of aromatic amines is 1. The second-order valence-corrected chi connectivity index (χ2v) is 9.32. The molecule has 1 aliphatic rings. The van der Waals surface area contributed by atoms with Crippen LogP contribution in [0.4, 0.5) is 15.9 Å². The molecule has 186 valence electrons. The number of rotatable bonds is 5. The largest absolute Gasteiger partial charge is 0.383 e. The lowest BCUT2D eigenvalue weighted by atomic mass is 9.98. The summed E-state index contributed by atoms with van der Waals surface area (Å²) in [7, 11) is 3.96. The molecule has 0 amide bonds. The summed E-state index contributed by atoms with van der Waals surface area (Å²) in [5.74, 6) is -0.594. The van der Waals surface area contributed by atoms with Crippen LogP contribution < -0.4 is 16.2 Å². The number of benzene rings is 1. The first-order chi connectivity index (χ1) is 17.3. The molecule has 0 unspecified atom stereocenters. The maximum atomic E-state index is 15.1. The maximum absolute atomic E-state index is 15.1. The van der Waals surface area contributed by atoms with Crippen molar-refractivity contribution < 1.29 is 9.13 Å². The summed E-state index contributed by atoms with van der Waals surface area (Å²) in [6.45, 7) is 5.43. The molecule has 1 aromatic carbocycles. The van der Waals surface area contributed by atoms with Gasteiger partial charge in [0.2, 0.25) is 5.95 Å². The Kier molecular flexibility index (Phi) is 6.42. The van der Waals surface area contributed by atoms with Crippen LogP contribution in [-0.4, -0.2) is 60.3 Å². The number of nitrogens with one attached hydrogen (secondary N) is 1. The molecule has 1 saturated heterocycles. The highest BCUT2D eigenvalue weighted by molar-refractivity contribution is 5.91. The molecule has 36 heavy (non-hydrogen) atoms. The molecule has 9 heteroatoms. The number of morpholine rings is 1. The van der Waals surface area contributed by atoms with Gasteiger partial charge >= 0.3 is 0 Å². The fourth-order valence-corrected chi connectivity index (χ4v) is 4.63. The van der Waals surface area contributed by atoms with Crippen LogP contribution in [0.25, 0.3) is 33.2 Å². The first-order valence-corrected chi connectivity index (χ1v) is 11.9. The van der Waals surface area contributed by atoms with Gasteiger partial charge in [0.15, 0.2) is 0 Å². The Bertz CT molecular complexity index is 1490. The van der Waals surface area contributed by atoms with Crippen molar-refractivity contribution in [3.8, 4) is 22.4 Å². The molecule has 4 heterocycles. The number of pyridine rings is 3. The molecule has 1 aliphatic heterocycles. The highest BCUT2D eigenvalue weighted by atomic mass is 19.1. The van der Waals surface area contributed by atoms with Crippen molar-refractivity contribution in [1.29, 1.82) is 0 Å². The fourth-order valence-electron chi connectivity index (χ4n) is 4.63. The van der Waals surface area contributed by atoms with Crippen LogP contribution in [0.2, 0.25) is 0 Å². The summed E-state index contributed by atoms with van der Waals surface area (Å²) in [4.78, 5) is 28.1. The molecule has 8 nitrogen and oxygen atoms in total. The molecule has 0 saturated carbocycles. The molecular formula is C27H29FN6O2. The number of nitrogen functional groups attached to an aromatic ring is 1. The highest BCUT2D eigenvalue weighted by Crippen LogP contribution is 2.34. The van der Waals surface area contributed by atoms with Crippen LogP contribution in [0.1, 0.15) is 11.3 Å². The van der Waals surface area contributed by atoms with Gasteiger partial charge < -0.3 is 25.3 Å². The first-order valence-electron chi connectivity index (χ1n) is 11.9. The summed E-state index contributed by atoms with van der Waals surface area (Å²) in [6.07, 6.45) is 1.68. The van der Waals surface area contributed by atoms with Gasteiger partial charge in [-0.15, -0.1) is 0 Å². The van der Waals surface area contributed by atoms with Gasteiger partial charge in [0.25, 0.3) is 5.56 Å². The van der Waals surface area contributed by atoms with E-state index in [1.165, 1.54) is 0 Å². The molecule has 0 aliphatic carbocycles. The number of hydrogen-bond donors (Lipinski definition) is 2. The smallest absolute Gasteiger partial charge is 0.255 e. The second kappa shape index (κ2) is 9.67. The van der Waals surface area contributed by atoms with E-state index in [0.29, 0.717) is 36.4 Å². The minimum absolute atomic E-state index is 0.0801. The summed E-state index contributed by atoms with van der Waals surface area (Å²) < 4.78 is 20.6. The molecule has 3 aromatic heterocycles. The van der Waals surface area contributed by atoms with Crippen molar-refractivity contribution >= 4 is 22.3 Å². The predicted octanol–water partition coefficient (Wildman–Crippen LogP) is 3.58. The van der Waals surface area contributed by atoms with Gasteiger partial charge in [-0.25, -0.2) is 9.97 Å². The molecule has 0 radical (unpaired) electrons. The number of hydrogen-bond acceptors (Lipinski definition) is 7. The second-order valence-electron chi connectivity index (χ2n) is 9.32. The van der Waals surface area contributed by atoms with Crippen LogP contribution in [0.5, 0.6) is 0 Å². The van der Waals surface area contributed by atoms with E-state index >= 15 is 4.39 Å². The molecular weight excluding hydrogens is 459 g/mol. The normalized spacial score (nSPS) is 14.1. The zero-order valence-corrected chi connectivity index (χ0v) is 20.6. The van der Waals surface area contributed by atoms with Crippen LogP contribution in [0, 0.1) is 12.9 Å². The van der Waals surface area contributed by atoms with Gasteiger partial charge in [0.05, 0.1) is 35.9 Å². The summed E-state index contributed by atoms with van der Waals surface area (Å²) >= 11 is 0. The number of H-pyrrole nitrogens is 1. The van der Waals surface area contributed by atoms with E-state index in [1.807, 2.05) is 44.1 Å². The third-order valence-electron chi connectivity index (χ3n) is 6.47. The number of ether oxygens (including phenoxy) is 1. The number of nitrogens with zero attached hydrogens (tertiary/aromatic N) is 4. The van der Waals surface area contributed by atoms with E-state index in [1.54, 1.807) is 24.4 Å². The third-order valence-corrected chi connectivity index (χ3v) is 6.47. The topological polar surface area (TPSA) is 100 Å². The molecule has 0 spiro atoms. The SMILES string of the molecule is Cc1c[nH]c(=O)c2ccc(-c3cc(-c4ccc(N5CCOCC5)c(CN(C)C)n4)c(F)nc3N)cc12. The number of nitrogens with two attached hydrogens (primary N) is 1. The Balaban J connectivity index is 1.61. The molecule has 4 aromatic rings. The first kappa shape index (κ1) is 23.9. The van der Waals surface area contributed by atoms with E-state index in [4.69, 9.17) is 15.5 Å². The van der Waals surface area contributed by atoms with Gasteiger partial charge in [-0.05, 0) is 67.9 Å². The molecule has 0 atom stereocenters. The Morgan fingerprint density at radius 3 is 2.61 bits per heavy atom. The van der Waals surface area contributed by atoms with Crippen molar-refractivity contribution in [2.24, 2.45) is 0 Å². The Morgan fingerprint density at radius 1 is 1.08 bits per heavy atom. The maximum Gasteiger partial charge on any atom is 0.255 e. The summed E-state index contributed by atoms with van der Waals surface area (Å²) in [5.41, 5.74) is 10.9. The van der Waals surface area contributed by atoms with Gasteiger partial charge in [0, 0.05) is 36.8 Å². The van der Waals surface area contributed by atoms with Crippen molar-refractivity contribution in [1.82, 2.24) is 19.9 Å². The van der Waals surface area contributed by atoms with Gasteiger partial charge in [-0.2, -0.15) is 4.39 Å². The number of aromatic nitrogens is 3. The zero-order valence-electron chi connectivity index (χ0n) is 20.6. The average molecular weight is 489 g/mol. The summed E-state index contributed by atoms with van der Waals surface area (Å²) in [6, 6.07) is 11.0. The highest BCUT2D eigenvalue weighted by Gasteiger charge is 2.20.